The van der Waals surface area contributed by atoms with E-state index in [4.69, 9.17) is 16.3 Å². The van der Waals surface area contributed by atoms with Crippen molar-refractivity contribution in [2.24, 2.45) is 0 Å². The van der Waals surface area contributed by atoms with Gasteiger partial charge in [-0.25, -0.2) is 0 Å². The van der Waals surface area contributed by atoms with E-state index in [9.17, 15) is 0 Å². The quantitative estimate of drug-likeness (QED) is 0.774. The van der Waals surface area contributed by atoms with E-state index in [1.165, 1.54) is 16.8 Å². The average molecular weight is 268 g/mol. The van der Waals surface area contributed by atoms with Crippen LogP contribution in [0.25, 0.3) is 0 Å². The van der Waals surface area contributed by atoms with Gasteiger partial charge in [0.2, 0.25) is 0 Å². The summed E-state index contributed by atoms with van der Waals surface area (Å²) >= 11 is 5.88. The molecular weight excluding hydrogens is 246 g/mol. The fourth-order valence-corrected chi connectivity index (χ4v) is 2.77. The van der Waals surface area contributed by atoms with E-state index in [0.717, 1.165) is 19.6 Å². The number of ether oxygens (including phenoxy) is 1. The molecule has 1 heterocycles. The van der Waals surface area contributed by atoms with Gasteiger partial charge in [0.05, 0.1) is 18.8 Å². The van der Waals surface area contributed by atoms with Crippen LogP contribution < -0.4 is 4.90 Å². The van der Waals surface area contributed by atoms with Crippen LogP contribution in [-0.2, 0) is 10.6 Å². The van der Waals surface area contributed by atoms with E-state index < -0.39 is 0 Å². The molecule has 0 aliphatic carbocycles. The van der Waals surface area contributed by atoms with Gasteiger partial charge in [-0.3, -0.25) is 0 Å². The Hall–Kier alpha value is -0.730. The summed E-state index contributed by atoms with van der Waals surface area (Å²) in [6.45, 7) is 8.33. The smallest absolute Gasteiger partial charge is 0.0723 e. The molecule has 0 N–H and O–H groups in total. The molecule has 0 spiro atoms. The van der Waals surface area contributed by atoms with Crippen LogP contribution in [0.15, 0.2) is 18.2 Å². The molecule has 2 rings (SSSR count). The van der Waals surface area contributed by atoms with Crippen LogP contribution in [0.2, 0.25) is 0 Å². The number of aryl methyl sites for hydroxylation is 1. The van der Waals surface area contributed by atoms with Crippen LogP contribution in [0.4, 0.5) is 5.69 Å². The van der Waals surface area contributed by atoms with Crippen LogP contribution in [0.1, 0.15) is 31.4 Å². The van der Waals surface area contributed by atoms with Crippen molar-refractivity contribution in [1.29, 1.82) is 0 Å². The van der Waals surface area contributed by atoms with Gasteiger partial charge in [-0.1, -0.05) is 19.1 Å². The Morgan fingerprint density at radius 1 is 1.44 bits per heavy atom. The zero-order valence-corrected chi connectivity index (χ0v) is 12.2. The normalized spacial score (nSPS) is 24.3. The zero-order valence-electron chi connectivity index (χ0n) is 11.4. The van der Waals surface area contributed by atoms with Gasteiger partial charge in [0.1, 0.15) is 0 Å². The minimum atomic E-state index is 0.305. The van der Waals surface area contributed by atoms with Gasteiger partial charge in [0.15, 0.2) is 0 Å². The lowest BCUT2D eigenvalue weighted by Gasteiger charge is -2.40. The Morgan fingerprint density at radius 2 is 2.22 bits per heavy atom. The van der Waals surface area contributed by atoms with E-state index in [1.54, 1.807) is 0 Å². The summed E-state index contributed by atoms with van der Waals surface area (Å²) in [6, 6.07) is 7.01. The summed E-state index contributed by atoms with van der Waals surface area (Å²) in [5.74, 6) is 0.581. The second kappa shape index (κ2) is 5.94. The monoisotopic (exact) mass is 267 g/mol. The van der Waals surface area contributed by atoms with E-state index in [0.29, 0.717) is 18.0 Å². The van der Waals surface area contributed by atoms with Gasteiger partial charge in [0.25, 0.3) is 0 Å². The summed E-state index contributed by atoms with van der Waals surface area (Å²) in [6.07, 6.45) is 1.42. The number of nitrogens with zero attached hydrogens (tertiary/aromatic N) is 1. The van der Waals surface area contributed by atoms with Crippen molar-refractivity contribution in [3.8, 4) is 0 Å². The molecule has 3 heteroatoms. The largest absolute Gasteiger partial charge is 0.375 e. The van der Waals surface area contributed by atoms with Crippen molar-refractivity contribution < 1.29 is 4.74 Å². The van der Waals surface area contributed by atoms with E-state index >= 15 is 0 Å². The maximum absolute atomic E-state index is 5.88. The van der Waals surface area contributed by atoms with Gasteiger partial charge < -0.3 is 9.64 Å². The standard InChI is InChI=1S/C15H22ClNO/c1-4-14-10-18-12(3)9-17(14)15-6-5-13(8-16)7-11(15)2/h5-7,12,14H,4,8-10H2,1-3H3. The second-order valence-electron chi connectivity index (χ2n) is 5.11. The molecule has 1 aromatic rings. The minimum absolute atomic E-state index is 0.305. The lowest BCUT2D eigenvalue weighted by Crippen LogP contribution is -2.49. The maximum atomic E-state index is 5.88. The highest BCUT2D eigenvalue weighted by atomic mass is 35.5. The first-order valence-electron chi connectivity index (χ1n) is 6.69. The number of benzene rings is 1. The van der Waals surface area contributed by atoms with Crippen LogP contribution in [0.3, 0.4) is 0 Å². The number of hydrogen-bond donors (Lipinski definition) is 0. The summed E-state index contributed by atoms with van der Waals surface area (Å²) in [4.78, 5) is 2.49. The molecular formula is C15H22ClNO. The van der Waals surface area contributed by atoms with Gasteiger partial charge in [-0.15, -0.1) is 11.6 Å². The van der Waals surface area contributed by atoms with E-state index in [2.05, 4.69) is 43.9 Å². The molecule has 0 bridgehead atoms. The van der Waals surface area contributed by atoms with Crippen LogP contribution in [0.5, 0.6) is 0 Å². The first-order valence-corrected chi connectivity index (χ1v) is 7.22. The Balaban J connectivity index is 2.27. The van der Waals surface area contributed by atoms with Crippen LogP contribution in [-0.4, -0.2) is 25.3 Å². The van der Waals surface area contributed by atoms with Gasteiger partial charge in [-0.2, -0.15) is 0 Å². The lowest BCUT2D eigenvalue weighted by atomic mass is 10.0. The SMILES string of the molecule is CCC1COC(C)CN1c1ccc(CCl)cc1C. The number of anilines is 1. The fourth-order valence-electron chi connectivity index (χ4n) is 2.60. The molecule has 0 aromatic heterocycles. The predicted octanol–water partition coefficient (Wildman–Crippen LogP) is 3.74. The number of morpholine rings is 1. The number of alkyl halides is 1. The first kappa shape index (κ1) is 13.7. The maximum Gasteiger partial charge on any atom is 0.0723 e. The second-order valence-corrected chi connectivity index (χ2v) is 5.38. The summed E-state index contributed by atoms with van der Waals surface area (Å²) < 4.78 is 5.76. The zero-order chi connectivity index (χ0) is 13.1. The highest BCUT2D eigenvalue weighted by molar-refractivity contribution is 6.17. The molecule has 1 aliphatic heterocycles. The molecule has 100 valence electrons. The molecule has 1 aliphatic rings. The van der Waals surface area contributed by atoms with Crippen molar-refractivity contribution in [3.05, 3.63) is 29.3 Å². The van der Waals surface area contributed by atoms with Crippen molar-refractivity contribution in [2.45, 2.75) is 45.2 Å². The van der Waals surface area contributed by atoms with Gasteiger partial charge >= 0.3 is 0 Å². The molecule has 1 aromatic carbocycles. The third-order valence-electron chi connectivity index (χ3n) is 3.66. The van der Waals surface area contributed by atoms with Crippen molar-refractivity contribution in [3.63, 3.8) is 0 Å². The Kier molecular flexibility index (Phi) is 4.52. The first-order chi connectivity index (χ1) is 8.65. The van der Waals surface area contributed by atoms with Gasteiger partial charge in [0, 0.05) is 18.1 Å². The topological polar surface area (TPSA) is 12.5 Å². The van der Waals surface area contributed by atoms with Crippen molar-refractivity contribution in [2.75, 3.05) is 18.1 Å². The predicted molar refractivity (Wildman–Crippen MR) is 77.6 cm³/mol. The van der Waals surface area contributed by atoms with Crippen molar-refractivity contribution in [1.82, 2.24) is 0 Å². The highest BCUT2D eigenvalue weighted by Crippen LogP contribution is 2.27. The minimum Gasteiger partial charge on any atom is -0.375 e. The molecule has 2 nitrogen and oxygen atoms in total. The average Bonchev–Trinajstić information content (AvgIpc) is 2.38. The molecule has 0 saturated carbocycles. The lowest BCUT2D eigenvalue weighted by molar-refractivity contribution is 0.0299. The third-order valence-corrected chi connectivity index (χ3v) is 3.97. The molecule has 0 radical (unpaired) electrons. The molecule has 18 heavy (non-hydrogen) atoms. The Bertz CT molecular complexity index is 407. The highest BCUT2D eigenvalue weighted by Gasteiger charge is 2.26. The van der Waals surface area contributed by atoms with Crippen molar-refractivity contribution >= 4 is 17.3 Å². The molecule has 1 fully saturated rings. The molecule has 2 atom stereocenters. The Morgan fingerprint density at radius 3 is 2.83 bits per heavy atom. The summed E-state index contributed by atoms with van der Waals surface area (Å²) in [5, 5.41) is 0. The van der Waals surface area contributed by atoms with E-state index in [-0.39, 0.29) is 0 Å². The molecule has 1 saturated heterocycles. The number of hydrogen-bond acceptors (Lipinski definition) is 2. The third kappa shape index (κ3) is 2.81. The van der Waals surface area contributed by atoms with Gasteiger partial charge in [-0.05, 0) is 37.5 Å². The van der Waals surface area contributed by atoms with Crippen LogP contribution in [0, 0.1) is 6.92 Å². The molecule has 0 amide bonds. The Labute approximate surface area is 115 Å². The molecule has 2 unspecified atom stereocenters. The number of rotatable bonds is 3. The van der Waals surface area contributed by atoms with E-state index in [1.807, 2.05) is 0 Å². The summed E-state index contributed by atoms with van der Waals surface area (Å²) in [7, 11) is 0. The van der Waals surface area contributed by atoms with Crippen LogP contribution >= 0.6 is 11.6 Å². The number of halogens is 1. The fraction of sp³-hybridized carbons (Fsp3) is 0.600. The summed E-state index contributed by atoms with van der Waals surface area (Å²) in [5.41, 5.74) is 3.82.